The third-order valence-corrected chi connectivity index (χ3v) is 2.14. The Balaban J connectivity index is 2.69. The van der Waals surface area contributed by atoms with Gasteiger partial charge >= 0.3 is 0 Å². The standard InChI is InChI=1S/C10H9FO4/c1-5(12)8-9(11)6(13-2)3-7-10(8)15-4-14-7/h3H,4H2,1-2H3. The molecule has 1 aromatic rings. The molecular weight excluding hydrogens is 203 g/mol. The van der Waals surface area contributed by atoms with Gasteiger partial charge in [-0.2, -0.15) is 0 Å². The van der Waals surface area contributed by atoms with Gasteiger partial charge in [0.05, 0.1) is 7.11 Å². The molecule has 0 N–H and O–H groups in total. The number of ether oxygens (including phenoxy) is 3. The van der Waals surface area contributed by atoms with Crippen LogP contribution >= 0.6 is 0 Å². The minimum Gasteiger partial charge on any atom is -0.494 e. The number of methoxy groups -OCH3 is 1. The molecule has 0 spiro atoms. The third kappa shape index (κ3) is 1.40. The zero-order valence-electron chi connectivity index (χ0n) is 8.30. The fraction of sp³-hybridized carbons (Fsp3) is 0.300. The number of benzene rings is 1. The van der Waals surface area contributed by atoms with Crippen LogP contribution in [0.4, 0.5) is 4.39 Å². The lowest BCUT2D eigenvalue weighted by molar-refractivity contribution is 0.100. The van der Waals surface area contributed by atoms with Gasteiger partial charge in [0.15, 0.2) is 28.8 Å². The van der Waals surface area contributed by atoms with E-state index in [1.54, 1.807) is 0 Å². The van der Waals surface area contributed by atoms with E-state index in [1.165, 1.54) is 20.1 Å². The Morgan fingerprint density at radius 3 is 2.87 bits per heavy atom. The van der Waals surface area contributed by atoms with Crippen molar-refractivity contribution in [1.82, 2.24) is 0 Å². The second kappa shape index (κ2) is 3.42. The second-order valence-electron chi connectivity index (χ2n) is 3.06. The van der Waals surface area contributed by atoms with E-state index in [-0.39, 0.29) is 23.9 Å². The lowest BCUT2D eigenvalue weighted by atomic mass is 10.1. The average Bonchev–Trinajstić information content (AvgIpc) is 2.63. The van der Waals surface area contributed by atoms with Crippen LogP contribution in [0.5, 0.6) is 17.2 Å². The Bertz CT molecular complexity index is 427. The highest BCUT2D eigenvalue weighted by molar-refractivity contribution is 5.98. The minimum atomic E-state index is -0.714. The number of hydrogen-bond donors (Lipinski definition) is 0. The molecule has 0 bridgehead atoms. The first-order valence-electron chi connectivity index (χ1n) is 4.32. The highest BCUT2D eigenvalue weighted by Crippen LogP contribution is 2.41. The molecule has 0 aromatic heterocycles. The molecule has 0 amide bonds. The largest absolute Gasteiger partial charge is 0.494 e. The average molecular weight is 212 g/mol. The van der Waals surface area contributed by atoms with Crippen LogP contribution in [0.25, 0.3) is 0 Å². The predicted octanol–water partition coefficient (Wildman–Crippen LogP) is 1.77. The Hall–Kier alpha value is -1.78. The summed E-state index contributed by atoms with van der Waals surface area (Å²) in [5.41, 5.74) is -0.123. The number of carbonyl (C=O) groups excluding carboxylic acids is 1. The molecule has 1 aromatic carbocycles. The van der Waals surface area contributed by atoms with Crippen molar-refractivity contribution in [2.24, 2.45) is 0 Å². The highest BCUT2D eigenvalue weighted by atomic mass is 19.1. The van der Waals surface area contributed by atoms with Gasteiger partial charge < -0.3 is 14.2 Å². The van der Waals surface area contributed by atoms with Crippen molar-refractivity contribution in [3.8, 4) is 17.2 Å². The molecule has 1 aliphatic rings. The quantitative estimate of drug-likeness (QED) is 0.701. The Morgan fingerprint density at radius 2 is 2.27 bits per heavy atom. The molecule has 0 aliphatic carbocycles. The molecule has 0 radical (unpaired) electrons. The van der Waals surface area contributed by atoms with Gasteiger partial charge in [-0.3, -0.25) is 4.79 Å². The Labute approximate surface area is 85.6 Å². The Kier molecular flexibility index (Phi) is 2.22. The summed E-state index contributed by atoms with van der Waals surface area (Å²) >= 11 is 0. The van der Waals surface area contributed by atoms with Gasteiger partial charge in [-0.1, -0.05) is 0 Å². The lowest BCUT2D eigenvalue weighted by Gasteiger charge is -2.08. The lowest BCUT2D eigenvalue weighted by Crippen LogP contribution is -2.02. The van der Waals surface area contributed by atoms with Gasteiger partial charge in [0.1, 0.15) is 5.56 Å². The third-order valence-electron chi connectivity index (χ3n) is 2.14. The summed E-state index contributed by atoms with van der Waals surface area (Å²) in [6.07, 6.45) is 0. The summed E-state index contributed by atoms with van der Waals surface area (Å²) in [6.45, 7) is 1.25. The molecule has 2 rings (SSSR count). The van der Waals surface area contributed by atoms with E-state index in [0.29, 0.717) is 5.75 Å². The van der Waals surface area contributed by atoms with Gasteiger partial charge in [0.25, 0.3) is 0 Å². The first kappa shape index (κ1) is 9.76. The topological polar surface area (TPSA) is 44.8 Å². The number of carbonyl (C=O) groups is 1. The minimum absolute atomic E-state index is 0.0117. The Morgan fingerprint density at radius 1 is 1.53 bits per heavy atom. The van der Waals surface area contributed by atoms with Crippen LogP contribution < -0.4 is 14.2 Å². The monoisotopic (exact) mass is 212 g/mol. The zero-order chi connectivity index (χ0) is 11.0. The SMILES string of the molecule is COc1cc2c(c(C(C)=O)c1F)OCO2. The molecule has 0 unspecified atom stereocenters. The van der Waals surface area contributed by atoms with Crippen LogP contribution in [0.15, 0.2) is 6.07 Å². The summed E-state index contributed by atoms with van der Waals surface area (Å²) in [7, 11) is 1.32. The van der Waals surface area contributed by atoms with Crippen molar-refractivity contribution < 1.29 is 23.4 Å². The van der Waals surface area contributed by atoms with Gasteiger partial charge in [-0.15, -0.1) is 0 Å². The van der Waals surface area contributed by atoms with Gasteiger partial charge in [-0.25, -0.2) is 4.39 Å². The number of fused-ring (bicyclic) bond motifs is 1. The van der Waals surface area contributed by atoms with Gasteiger partial charge in [0.2, 0.25) is 6.79 Å². The molecular formula is C10H9FO4. The molecule has 0 atom stereocenters. The summed E-state index contributed by atoms with van der Waals surface area (Å²) in [6, 6.07) is 1.37. The van der Waals surface area contributed by atoms with E-state index in [1.807, 2.05) is 0 Å². The fourth-order valence-corrected chi connectivity index (χ4v) is 1.46. The number of ketones is 1. The van der Waals surface area contributed by atoms with E-state index in [2.05, 4.69) is 0 Å². The highest BCUT2D eigenvalue weighted by Gasteiger charge is 2.27. The van der Waals surface area contributed by atoms with E-state index >= 15 is 0 Å². The molecule has 15 heavy (non-hydrogen) atoms. The van der Waals surface area contributed by atoms with Crippen LogP contribution in [0.3, 0.4) is 0 Å². The maximum Gasteiger partial charge on any atom is 0.231 e. The number of hydrogen-bond acceptors (Lipinski definition) is 4. The van der Waals surface area contributed by atoms with Crippen LogP contribution in [0.1, 0.15) is 17.3 Å². The van der Waals surface area contributed by atoms with Crippen LogP contribution in [0.2, 0.25) is 0 Å². The summed E-state index contributed by atoms with van der Waals surface area (Å²) < 4.78 is 28.6. The van der Waals surface area contributed by atoms with Crippen LogP contribution in [-0.4, -0.2) is 19.7 Å². The molecule has 5 heteroatoms. The van der Waals surface area contributed by atoms with E-state index in [0.717, 1.165) is 0 Å². The van der Waals surface area contributed by atoms with Crippen molar-refractivity contribution in [3.05, 3.63) is 17.4 Å². The van der Waals surface area contributed by atoms with E-state index in [4.69, 9.17) is 14.2 Å². The number of halogens is 1. The summed E-state index contributed by atoms with van der Waals surface area (Å²) in [5, 5.41) is 0. The zero-order valence-corrected chi connectivity index (χ0v) is 8.30. The smallest absolute Gasteiger partial charge is 0.231 e. The molecule has 0 saturated heterocycles. The van der Waals surface area contributed by atoms with Crippen LogP contribution in [0, 0.1) is 5.82 Å². The van der Waals surface area contributed by atoms with Crippen molar-refractivity contribution in [2.75, 3.05) is 13.9 Å². The van der Waals surface area contributed by atoms with E-state index < -0.39 is 11.6 Å². The predicted molar refractivity (Wildman–Crippen MR) is 49.1 cm³/mol. The molecule has 0 fully saturated rings. The maximum absolute atomic E-state index is 13.7. The molecule has 1 heterocycles. The molecule has 1 aliphatic heterocycles. The maximum atomic E-state index is 13.7. The van der Waals surface area contributed by atoms with Gasteiger partial charge in [-0.05, 0) is 6.92 Å². The number of rotatable bonds is 2. The van der Waals surface area contributed by atoms with Crippen molar-refractivity contribution >= 4 is 5.78 Å². The molecule has 4 nitrogen and oxygen atoms in total. The summed E-state index contributed by atoms with van der Waals surface area (Å²) in [5.74, 6) is -0.675. The fourth-order valence-electron chi connectivity index (χ4n) is 1.46. The first-order valence-corrected chi connectivity index (χ1v) is 4.32. The van der Waals surface area contributed by atoms with Gasteiger partial charge in [0, 0.05) is 6.07 Å². The van der Waals surface area contributed by atoms with Crippen LogP contribution in [-0.2, 0) is 0 Å². The first-order chi connectivity index (χ1) is 7.15. The molecule has 0 saturated carbocycles. The summed E-state index contributed by atoms with van der Waals surface area (Å²) in [4.78, 5) is 11.3. The van der Waals surface area contributed by atoms with Crippen molar-refractivity contribution in [2.45, 2.75) is 6.92 Å². The van der Waals surface area contributed by atoms with E-state index in [9.17, 15) is 9.18 Å². The van der Waals surface area contributed by atoms with Crippen molar-refractivity contribution in [3.63, 3.8) is 0 Å². The second-order valence-corrected chi connectivity index (χ2v) is 3.06. The van der Waals surface area contributed by atoms with Crippen molar-refractivity contribution in [1.29, 1.82) is 0 Å². The normalized spacial score (nSPS) is 12.7. The number of Topliss-reactive ketones (excluding diaryl/α,β-unsaturated/α-hetero) is 1. The molecule has 80 valence electrons.